The first-order valence-corrected chi connectivity index (χ1v) is 6.76. The van der Waals surface area contributed by atoms with E-state index in [2.05, 4.69) is 16.9 Å². The number of benzene rings is 1. The average Bonchev–Trinajstić information content (AvgIpc) is 2.15. The van der Waals surface area contributed by atoms with E-state index in [1.54, 1.807) is 0 Å². The van der Waals surface area contributed by atoms with E-state index in [1.165, 1.54) is 0 Å². The van der Waals surface area contributed by atoms with Crippen molar-refractivity contribution in [1.29, 1.82) is 0 Å². The van der Waals surface area contributed by atoms with Gasteiger partial charge in [0.2, 0.25) is 10.0 Å². The predicted molar refractivity (Wildman–Crippen MR) is 68.6 cm³/mol. The van der Waals surface area contributed by atoms with Crippen LogP contribution < -0.4 is 10.5 Å². The van der Waals surface area contributed by atoms with Crippen molar-refractivity contribution in [2.24, 2.45) is 5.73 Å². The third kappa shape index (κ3) is 4.69. The minimum absolute atomic E-state index is 0.0311. The van der Waals surface area contributed by atoms with Gasteiger partial charge in [-0.1, -0.05) is 42.0 Å². The van der Waals surface area contributed by atoms with Crippen LogP contribution in [0.2, 0.25) is 0 Å². The summed E-state index contributed by atoms with van der Waals surface area (Å²) in [5, 5.41) is 0. The van der Waals surface area contributed by atoms with Crippen LogP contribution in [0, 0.1) is 6.92 Å². The number of aryl methyl sites for hydroxylation is 1. The number of nitrogens with one attached hydrogen (secondary N) is 1. The van der Waals surface area contributed by atoms with Gasteiger partial charge in [-0.15, -0.1) is 0 Å². The lowest BCUT2D eigenvalue weighted by molar-refractivity contribution is 0.585. The Hall–Kier alpha value is -0.980. The maximum Gasteiger partial charge on any atom is 0.218 e. The smallest absolute Gasteiger partial charge is 0.218 e. The zero-order valence-corrected chi connectivity index (χ0v) is 10.6. The van der Waals surface area contributed by atoms with Crippen molar-refractivity contribution in [2.75, 3.05) is 5.75 Å². The fraction of sp³-hybridized carbons (Fsp3) is 0.300. The molecule has 88 valence electrons. The maximum atomic E-state index is 11.4. The molecule has 0 saturated heterocycles. The van der Waals surface area contributed by atoms with Crippen LogP contribution in [-0.4, -0.2) is 19.2 Å². The Labute approximate surface area is 101 Å². The molecule has 0 bridgehead atoms. The summed E-state index contributed by atoms with van der Waals surface area (Å²) in [5.41, 5.74) is 7.21. The Balaban J connectivity index is 2.58. The van der Waals surface area contributed by atoms with Crippen LogP contribution in [0.1, 0.15) is 11.1 Å². The molecule has 0 aliphatic rings. The van der Waals surface area contributed by atoms with Crippen molar-refractivity contribution in [3.63, 3.8) is 0 Å². The third-order valence-electron chi connectivity index (χ3n) is 1.95. The molecular formula is C10H14N2O2S2. The minimum Gasteiger partial charge on any atom is -0.392 e. The van der Waals surface area contributed by atoms with Gasteiger partial charge >= 0.3 is 0 Å². The van der Waals surface area contributed by atoms with Crippen molar-refractivity contribution in [3.05, 3.63) is 35.4 Å². The molecule has 3 N–H and O–H groups in total. The maximum absolute atomic E-state index is 11.4. The summed E-state index contributed by atoms with van der Waals surface area (Å²) in [7, 11) is -3.41. The van der Waals surface area contributed by atoms with Gasteiger partial charge in [0.15, 0.2) is 0 Å². The highest BCUT2D eigenvalue weighted by atomic mass is 32.2. The first kappa shape index (κ1) is 13.1. The number of thiocarbonyl (C=S) groups is 1. The van der Waals surface area contributed by atoms with Crippen LogP contribution in [0.3, 0.4) is 0 Å². The van der Waals surface area contributed by atoms with Crippen molar-refractivity contribution >= 4 is 27.2 Å². The summed E-state index contributed by atoms with van der Waals surface area (Å²) in [6.07, 6.45) is 0. The second-order valence-corrected chi connectivity index (χ2v) is 5.86. The summed E-state index contributed by atoms with van der Waals surface area (Å²) in [6, 6.07) is 7.60. The first-order valence-electron chi connectivity index (χ1n) is 4.70. The lowest BCUT2D eigenvalue weighted by atomic mass is 10.2. The molecule has 0 fully saturated rings. The molecule has 0 spiro atoms. The fourth-order valence-corrected chi connectivity index (χ4v) is 2.47. The van der Waals surface area contributed by atoms with E-state index in [0.29, 0.717) is 0 Å². The highest BCUT2D eigenvalue weighted by Crippen LogP contribution is 2.03. The molecule has 16 heavy (non-hydrogen) atoms. The van der Waals surface area contributed by atoms with Gasteiger partial charge in [-0.05, 0) is 12.5 Å². The topological polar surface area (TPSA) is 72.2 Å². The van der Waals surface area contributed by atoms with Crippen molar-refractivity contribution in [3.8, 4) is 0 Å². The molecule has 4 nitrogen and oxygen atoms in total. The Kier molecular flexibility index (Phi) is 4.40. The molecule has 0 amide bonds. The van der Waals surface area contributed by atoms with Gasteiger partial charge in [-0.3, -0.25) is 0 Å². The van der Waals surface area contributed by atoms with Crippen LogP contribution in [0.15, 0.2) is 24.3 Å². The Bertz CT molecular complexity index is 466. The van der Waals surface area contributed by atoms with E-state index in [4.69, 9.17) is 5.73 Å². The van der Waals surface area contributed by atoms with Crippen molar-refractivity contribution < 1.29 is 8.42 Å². The second kappa shape index (κ2) is 5.38. The minimum atomic E-state index is -3.41. The largest absolute Gasteiger partial charge is 0.392 e. The number of rotatable bonds is 5. The van der Waals surface area contributed by atoms with Crippen LogP contribution in [0.25, 0.3) is 0 Å². The Morgan fingerprint density at radius 3 is 2.44 bits per heavy atom. The quantitative estimate of drug-likeness (QED) is 0.763. The highest BCUT2D eigenvalue weighted by Gasteiger charge is 2.10. The first-order chi connectivity index (χ1) is 7.39. The average molecular weight is 258 g/mol. The van der Waals surface area contributed by atoms with Gasteiger partial charge in [-0.25, -0.2) is 13.1 Å². The third-order valence-corrected chi connectivity index (χ3v) is 3.55. The zero-order valence-electron chi connectivity index (χ0n) is 8.93. The molecule has 1 aromatic rings. The second-order valence-electron chi connectivity index (χ2n) is 3.53. The molecule has 6 heteroatoms. The Morgan fingerprint density at radius 1 is 1.38 bits per heavy atom. The summed E-state index contributed by atoms with van der Waals surface area (Å²) in [6.45, 7) is 2.23. The van der Waals surface area contributed by atoms with Gasteiger partial charge in [-0.2, -0.15) is 0 Å². The molecule has 1 rings (SSSR count). The van der Waals surface area contributed by atoms with E-state index in [9.17, 15) is 8.42 Å². The predicted octanol–water partition coefficient (Wildman–Crippen LogP) is 0.701. The molecule has 0 unspecified atom stereocenters. The number of nitrogens with two attached hydrogens (primary N) is 1. The van der Waals surface area contributed by atoms with Gasteiger partial charge in [0, 0.05) is 6.54 Å². The standard InChI is InChI=1S/C10H14N2O2S2/c1-8-2-4-9(5-3-8)6-12-16(13,14)7-10(11)15/h2-5,12H,6-7H2,1H3,(H2,11,15). The molecule has 0 atom stereocenters. The molecule has 0 heterocycles. The van der Waals surface area contributed by atoms with Gasteiger partial charge in [0.25, 0.3) is 0 Å². The number of sulfonamides is 1. The van der Waals surface area contributed by atoms with E-state index < -0.39 is 10.0 Å². The zero-order chi connectivity index (χ0) is 12.2. The molecule has 0 aliphatic carbocycles. The molecule has 0 aliphatic heterocycles. The van der Waals surface area contributed by atoms with Crippen molar-refractivity contribution in [1.82, 2.24) is 4.72 Å². The van der Waals surface area contributed by atoms with E-state index in [0.717, 1.165) is 11.1 Å². The summed E-state index contributed by atoms with van der Waals surface area (Å²) < 4.78 is 25.2. The summed E-state index contributed by atoms with van der Waals surface area (Å²) in [4.78, 5) is -0.0311. The molecule has 0 saturated carbocycles. The molecule has 0 aromatic heterocycles. The Morgan fingerprint density at radius 2 is 1.94 bits per heavy atom. The SMILES string of the molecule is Cc1ccc(CNS(=O)(=O)CC(N)=S)cc1. The van der Waals surface area contributed by atoms with E-state index in [1.807, 2.05) is 31.2 Å². The summed E-state index contributed by atoms with van der Waals surface area (Å²) in [5.74, 6) is -0.311. The van der Waals surface area contributed by atoms with Crippen LogP contribution >= 0.6 is 12.2 Å². The lowest BCUT2D eigenvalue weighted by Crippen LogP contribution is -2.31. The van der Waals surface area contributed by atoms with E-state index in [-0.39, 0.29) is 17.3 Å². The van der Waals surface area contributed by atoms with E-state index >= 15 is 0 Å². The monoisotopic (exact) mass is 258 g/mol. The van der Waals surface area contributed by atoms with Gasteiger partial charge in [0.1, 0.15) is 5.75 Å². The van der Waals surface area contributed by atoms with Crippen LogP contribution in [-0.2, 0) is 16.6 Å². The van der Waals surface area contributed by atoms with Gasteiger partial charge in [0.05, 0.1) is 4.99 Å². The summed E-state index contributed by atoms with van der Waals surface area (Å²) >= 11 is 4.55. The normalized spacial score (nSPS) is 11.3. The highest BCUT2D eigenvalue weighted by molar-refractivity contribution is 7.92. The van der Waals surface area contributed by atoms with Crippen LogP contribution in [0.5, 0.6) is 0 Å². The fourth-order valence-electron chi connectivity index (χ4n) is 1.14. The van der Waals surface area contributed by atoms with Crippen molar-refractivity contribution in [2.45, 2.75) is 13.5 Å². The molecule has 1 aromatic carbocycles. The number of hydrogen-bond donors (Lipinski definition) is 2. The number of hydrogen-bond acceptors (Lipinski definition) is 3. The van der Waals surface area contributed by atoms with Gasteiger partial charge < -0.3 is 5.73 Å². The van der Waals surface area contributed by atoms with Crippen LogP contribution in [0.4, 0.5) is 0 Å². The molecular weight excluding hydrogens is 244 g/mol. The molecule has 0 radical (unpaired) electrons. The lowest BCUT2D eigenvalue weighted by Gasteiger charge is -2.06.